The highest BCUT2D eigenvalue weighted by atomic mass is 79.9. The zero-order chi connectivity index (χ0) is 15.2. The van der Waals surface area contributed by atoms with Crippen LogP contribution in [0, 0.1) is 0 Å². The lowest BCUT2D eigenvalue weighted by Gasteiger charge is -2.11. The Labute approximate surface area is 130 Å². The van der Waals surface area contributed by atoms with Crippen LogP contribution in [0.5, 0.6) is 0 Å². The maximum atomic E-state index is 12.0. The molecule has 0 saturated carbocycles. The highest BCUT2D eigenvalue weighted by Gasteiger charge is 2.08. The van der Waals surface area contributed by atoms with Gasteiger partial charge in [0.15, 0.2) is 0 Å². The van der Waals surface area contributed by atoms with Gasteiger partial charge in [0.2, 0.25) is 0 Å². The molecule has 0 fully saturated rings. The van der Waals surface area contributed by atoms with Crippen molar-refractivity contribution in [2.24, 2.45) is 0 Å². The first kappa shape index (κ1) is 15.0. The normalized spacial score (nSPS) is 11.0. The molecule has 1 N–H and O–H groups in total. The van der Waals surface area contributed by atoms with E-state index in [1.165, 1.54) is 6.08 Å². The standard InChI is InChI=1S/C16H12BrNO3/c17-13-8-6-11(7-9-13)10-14(16(20)21)18-15(19)12-4-2-1-3-5-12/h1-10H,(H,18,19)(H,20,21)/p-1/b14-10+. The zero-order valence-corrected chi connectivity index (χ0v) is 12.5. The Kier molecular flexibility index (Phi) is 4.90. The number of rotatable bonds is 4. The summed E-state index contributed by atoms with van der Waals surface area (Å²) in [5.41, 5.74) is 0.734. The average molecular weight is 345 g/mol. The van der Waals surface area contributed by atoms with Crippen LogP contribution < -0.4 is 10.4 Å². The molecule has 0 aliphatic heterocycles. The van der Waals surface area contributed by atoms with E-state index in [1.807, 2.05) is 0 Å². The lowest BCUT2D eigenvalue weighted by atomic mass is 10.1. The Bertz CT molecular complexity index is 678. The van der Waals surface area contributed by atoms with Gasteiger partial charge in [0, 0.05) is 10.0 Å². The number of carboxylic acids is 1. The van der Waals surface area contributed by atoms with Crippen LogP contribution in [0.15, 0.2) is 64.8 Å². The number of amides is 1. The molecule has 0 spiro atoms. The van der Waals surface area contributed by atoms with Crippen molar-refractivity contribution in [2.45, 2.75) is 0 Å². The van der Waals surface area contributed by atoms with Crippen molar-refractivity contribution in [2.75, 3.05) is 0 Å². The number of carbonyl (C=O) groups is 2. The maximum Gasteiger partial charge on any atom is 0.255 e. The average Bonchev–Trinajstić information content (AvgIpc) is 2.49. The second-order valence-electron chi connectivity index (χ2n) is 4.22. The number of carbonyl (C=O) groups excluding carboxylic acids is 2. The monoisotopic (exact) mass is 344 g/mol. The van der Waals surface area contributed by atoms with E-state index >= 15 is 0 Å². The minimum absolute atomic E-state index is 0.286. The molecule has 0 heterocycles. The smallest absolute Gasteiger partial charge is 0.255 e. The fourth-order valence-corrected chi connectivity index (χ4v) is 1.92. The lowest BCUT2D eigenvalue weighted by molar-refractivity contribution is -0.299. The van der Waals surface area contributed by atoms with Crippen LogP contribution in [-0.4, -0.2) is 11.9 Å². The van der Waals surface area contributed by atoms with E-state index in [1.54, 1.807) is 54.6 Å². The van der Waals surface area contributed by atoms with Gasteiger partial charge in [0.25, 0.3) is 5.91 Å². The molecule has 2 aromatic carbocycles. The summed E-state index contributed by atoms with van der Waals surface area (Å²) in [6.45, 7) is 0. The summed E-state index contributed by atoms with van der Waals surface area (Å²) in [5.74, 6) is -1.94. The molecule has 2 aromatic rings. The van der Waals surface area contributed by atoms with Crippen LogP contribution in [0.2, 0.25) is 0 Å². The van der Waals surface area contributed by atoms with Gasteiger partial charge in [-0.3, -0.25) is 4.79 Å². The fraction of sp³-hybridized carbons (Fsp3) is 0. The molecule has 1 amide bonds. The Morgan fingerprint density at radius 1 is 1.00 bits per heavy atom. The fourth-order valence-electron chi connectivity index (χ4n) is 1.66. The van der Waals surface area contributed by atoms with Gasteiger partial charge in [-0.15, -0.1) is 0 Å². The maximum absolute atomic E-state index is 12.0. The van der Waals surface area contributed by atoms with Gasteiger partial charge in [-0.25, -0.2) is 0 Å². The molecule has 0 aromatic heterocycles. The Morgan fingerprint density at radius 3 is 2.19 bits per heavy atom. The first-order valence-electron chi connectivity index (χ1n) is 6.11. The van der Waals surface area contributed by atoms with Gasteiger partial charge in [-0.1, -0.05) is 46.3 Å². The highest BCUT2D eigenvalue weighted by Crippen LogP contribution is 2.12. The molecule has 106 valence electrons. The summed E-state index contributed by atoms with van der Waals surface area (Å²) in [5, 5.41) is 13.5. The molecule has 4 nitrogen and oxygen atoms in total. The van der Waals surface area contributed by atoms with E-state index in [4.69, 9.17) is 0 Å². The number of aliphatic carboxylic acids is 1. The molecule has 5 heteroatoms. The summed E-state index contributed by atoms with van der Waals surface area (Å²) in [4.78, 5) is 23.1. The molecule has 0 aliphatic rings. The quantitative estimate of drug-likeness (QED) is 0.862. The van der Waals surface area contributed by atoms with Crippen molar-refractivity contribution in [3.8, 4) is 0 Å². The minimum atomic E-state index is -1.44. The molecule has 0 bridgehead atoms. The first-order valence-corrected chi connectivity index (χ1v) is 6.90. The van der Waals surface area contributed by atoms with Crippen molar-refractivity contribution < 1.29 is 14.7 Å². The van der Waals surface area contributed by atoms with Gasteiger partial charge in [-0.05, 0) is 35.9 Å². The third kappa shape index (κ3) is 4.29. The van der Waals surface area contributed by atoms with Crippen LogP contribution in [0.3, 0.4) is 0 Å². The second-order valence-corrected chi connectivity index (χ2v) is 5.13. The number of hydrogen-bond acceptors (Lipinski definition) is 3. The van der Waals surface area contributed by atoms with E-state index in [9.17, 15) is 14.7 Å². The molecule has 0 saturated heterocycles. The summed E-state index contributed by atoms with van der Waals surface area (Å²) in [6, 6.07) is 15.4. The number of nitrogens with one attached hydrogen (secondary N) is 1. The third-order valence-electron chi connectivity index (χ3n) is 2.69. The molecule has 2 rings (SSSR count). The number of halogens is 1. The Morgan fingerprint density at radius 2 is 1.62 bits per heavy atom. The van der Waals surface area contributed by atoms with Crippen molar-refractivity contribution in [1.82, 2.24) is 5.32 Å². The largest absolute Gasteiger partial charge is 0.543 e. The molecule has 0 aliphatic carbocycles. The van der Waals surface area contributed by atoms with Gasteiger partial charge < -0.3 is 15.2 Å². The van der Waals surface area contributed by atoms with Crippen LogP contribution in [-0.2, 0) is 4.79 Å². The molecule has 0 atom stereocenters. The predicted molar refractivity (Wildman–Crippen MR) is 81.0 cm³/mol. The zero-order valence-electron chi connectivity index (χ0n) is 10.9. The van der Waals surface area contributed by atoms with Crippen molar-refractivity contribution in [3.63, 3.8) is 0 Å². The van der Waals surface area contributed by atoms with E-state index in [-0.39, 0.29) is 5.70 Å². The van der Waals surface area contributed by atoms with Crippen LogP contribution in [0.4, 0.5) is 0 Å². The van der Waals surface area contributed by atoms with E-state index in [0.717, 1.165) is 4.47 Å². The van der Waals surface area contributed by atoms with Gasteiger partial charge in [0.1, 0.15) is 0 Å². The first-order chi connectivity index (χ1) is 10.1. The molecule has 21 heavy (non-hydrogen) atoms. The van der Waals surface area contributed by atoms with E-state index in [0.29, 0.717) is 11.1 Å². The number of carboxylic acid groups (broad SMARTS) is 1. The SMILES string of the molecule is O=C([O-])/C(=C\c1ccc(Br)cc1)NC(=O)c1ccccc1. The van der Waals surface area contributed by atoms with Crippen LogP contribution in [0.1, 0.15) is 15.9 Å². The molecule has 0 unspecified atom stereocenters. The highest BCUT2D eigenvalue weighted by molar-refractivity contribution is 9.10. The third-order valence-corrected chi connectivity index (χ3v) is 3.21. The number of benzene rings is 2. The van der Waals surface area contributed by atoms with Gasteiger partial charge in [-0.2, -0.15) is 0 Å². The topological polar surface area (TPSA) is 69.2 Å². The van der Waals surface area contributed by atoms with Gasteiger partial charge >= 0.3 is 0 Å². The van der Waals surface area contributed by atoms with Crippen molar-refractivity contribution in [1.29, 1.82) is 0 Å². The molecular weight excluding hydrogens is 334 g/mol. The molecule has 0 radical (unpaired) electrons. The summed E-state index contributed by atoms with van der Waals surface area (Å²) < 4.78 is 0.878. The van der Waals surface area contributed by atoms with E-state index < -0.39 is 11.9 Å². The van der Waals surface area contributed by atoms with Crippen LogP contribution in [0.25, 0.3) is 6.08 Å². The van der Waals surface area contributed by atoms with Crippen molar-refractivity contribution in [3.05, 3.63) is 75.9 Å². The number of hydrogen-bond donors (Lipinski definition) is 1. The predicted octanol–water partition coefficient (Wildman–Crippen LogP) is 1.97. The van der Waals surface area contributed by atoms with E-state index in [2.05, 4.69) is 21.2 Å². The summed E-state index contributed by atoms with van der Waals surface area (Å²) in [6.07, 6.45) is 1.35. The Balaban J connectivity index is 2.22. The summed E-state index contributed by atoms with van der Waals surface area (Å²) in [7, 11) is 0. The Hall–Kier alpha value is -2.40. The minimum Gasteiger partial charge on any atom is -0.543 e. The second kappa shape index (κ2) is 6.85. The summed E-state index contributed by atoms with van der Waals surface area (Å²) >= 11 is 3.29. The molecular formula is C16H11BrNO3-. The van der Waals surface area contributed by atoms with Crippen molar-refractivity contribution >= 4 is 33.9 Å². The lowest BCUT2D eigenvalue weighted by Crippen LogP contribution is -2.35. The van der Waals surface area contributed by atoms with Crippen LogP contribution >= 0.6 is 15.9 Å². The van der Waals surface area contributed by atoms with Gasteiger partial charge in [0.05, 0.1) is 11.7 Å².